The SMILES string of the molecule is CCCC[C@@H]1NC(=O)[C@H](Cc2c[nH]c3ccccc23)NC(=O)[C@H](CC(N)=O)NC(=O)[C@H](CCCNC(=N)N)NC(=O)CNC(=O)[C@H](CO)NC(=O)[C@H]([C@@H](C)CC)NC(=O)[C@H](Cc2ccc3ccccc3c2)NC(=O)CSC[C@@H](C(N)=O)NC(=O)[C@H](Cc2ccccc2)NC(=O)[C@H](Cc2c[nH]c3ccccc23)NC(=O)[C@H](CCCCN)NC1=O. The predicted octanol–water partition coefficient (Wildman–Crippen LogP) is -0.750. The van der Waals surface area contributed by atoms with Crippen molar-refractivity contribution in [2.75, 3.05) is 37.7 Å². The first-order valence-corrected chi connectivity index (χ1v) is 40.6. The number of para-hydroxylation sites is 2. The van der Waals surface area contributed by atoms with E-state index >= 15 is 19.2 Å². The molecule has 0 bridgehead atoms. The van der Waals surface area contributed by atoms with Crippen LogP contribution in [0.1, 0.15) is 107 Å². The highest BCUT2D eigenvalue weighted by atomic mass is 32.2. The van der Waals surface area contributed by atoms with Crippen LogP contribution in [-0.2, 0) is 92.8 Å². The Morgan fingerprint density at radius 2 is 0.966 bits per heavy atom. The van der Waals surface area contributed by atoms with Gasteiger partial charge in [-0.2, -0.15) is 0 Å². The van der Waals surface area contributed by atoms with Crippen LogP contribution in [0.4, 0.5) is 0 Å². The number of fused-ring (bicyclic) bond motifs is 3. The van der Waals surface area contributed by atoms with Crippen molar-refractivity contribution in [3.63, 3.8) is 0 Å². The molecule has 1 saturated heterocycles. The van der Waals surface area contributed by atoms with E-state index in [1.165, 1.54) is 0 Å². The molecule has 1 fully saturated rings. The molecule has 118 heavy (non-hydrogen) atoms. The van der Waals surface area contributed by atoms with Crippen LogP contribution in [0.3, 0.4) is 0 Å². The molecule has 3 heterocycles. The Kier molecular flexibility index (Phi) is 35.3. The van der Waals surface area contributed by atoms with E-state index in [4.69, 9.17) is 28.3 Å². The minimum atomic E-state index is -1.87. The fourth-order valence-corrected chi connectivity index (χ4v) is 14.4. The number of nitrogens with two attached hydrogens (primary N) is 4. The number of primary amides is 2. The van der Waals surface area contributed by atoms with Crippen LogP contribution in [0.5, 0.6) is 0 Å². The second kappa shape index (κ2) is 45.7. The van der Waals surface area contributed by atoms with Crippen molar-refractivity contribution >= 4 is 133 Å². The summed E-state index contributed by atoms with van der Waals surface area (Å²) in [4.78, 5) is 209. The van der Waals surface area contributed by atoms with E-state index < -0.39 is 186 Å². The number of unbranched alkanes of at least 4 members (excludes halogenated alkanes) is 2. The molecule has 0 aliphatic carbocycles. The zero-order chi connectivity index (χ0) is 85.4. The number of aromatic amines is 2. The molecule has 0 radical (unpaired) electrons. The number of thioether (sulfide) groups is 1. The van der Waals surface area contributed by atoms with E-state index in [2.05, 4.69) is 79.1 Å². The van der Waals surface area contributed by atoms with Crippen molar-refractivity contribution in [3.8, 4) is 0 Å². The Morgan fingerprint density at radius 3 is 1.53 bits per heavy atom. The summed E-state index contributed by atoms with van der Waals surface area (Å²) in [5.41, 5.74) is 26.7. The molecule has 1 aliphatic rings. The van der Waals surface area contributed by atoms with Crippen LogP contribution in [0.25, 0.3) is 32.6 Å². The number of carbonyl (C=O) groups is 14. The topological polar surface area (TPSA) is 575 Å². The third kappa shape index (κ3) is 27.6. The molecular weight excluding hydrogens is 1540 g/mol. The van der Waals surface area contributed by atoms with Crippen molar-refractivity contribution in [1.82, 2.24) is 79.1 Å². The second-order valence-corrected chi connectivity index (χ2v) is 30.2. The maximum Gasteiger partial charge on any atom is 0.245 e. The van der Waals surface area contributed by atoms with Gasteiger partial charge in [-0.1, -0.05) is 149 Å². The standard InChI is InChI=1S/C82H108N20O15S/c1-4-6-25-58-74(110)94-59(28-16-17-32-83)75(111)97-63(38-52-41-90-56-27-15-13-24-54(52)56)78(114)96-61(35-47-19-8-7-9-20-47)76(112)101-66(71(85)107)44-118-45-69(106)93-60(36-48-30-31-49-21-10-11-22-50(49)34-48)80(116)102-70(46(3)5-2)81(117)100-65(43-103)72(108)91-42-68(105)92-57(29-18-33-88-82(86)87)73(109)99-64(39-67(84)104)79(115)98-62(77(113)95-58)37-51-40-89-55-26-14-12-23-53(51)55/h7-15,19-24,26-27,30-31,34,40-41,46,57-66,70,89-90,103H,4-6,16-18,25,28-29,32-33,35-39,42-45,83H2,1-3H3,(H2,84,104)(H2,85,107)(H,91,108)(H,92,105)(H,93,106)(H,94,110)(H,95,113)(H,96,114)(H,97,111)(H,98,115)(H,99,109)(H,100,117)(H,101,112)(H,102,116)(H4,86,87,88)/t46-,57-,58-,59-,60-,61-,62-,63-,64-,65-,66-,70-/m0/s1. The number of rotatable bonds is 25. The minimum Gasteiger partial charge on any atom is -0.394 e. The van der Waals surface area contributed by atoms with Crippen LogP contribution in [-0.4, -0.2) is 208 Å². The Balaban J connectivity index is 1.17. The van der Waals surface area contributed by atoms with Crippen molar-refractivity contribution in [2.24, 2.45) is 28.9 Å². The van der Waals surface area contributed by atoms with Gasteiger partial charge in [-0.3, -0.25) is 72.5 Å². The largest absolute Gasteiger partial charge is 0.394 e. The summed E-state index contributed by atoms with van der Waals surface area (Å²) in [6, 6.07) is 18.6. The molecule has 14 amide bonds. The molecule has 35 nitrogen and oxygen atoms in total. The molecular formula is C82H108N20O15S. The molecule has 0 spiro atoms. The third-order valence-corrected chi connectivity index (χ3v) is 21.3. The second-order valence-electron chi connectivity index (χ2n) is 29.2. The Bertz CT molecular complexity index is 4700. The Labute approximate surface area is 686 Å². The number of aliphatic hydroxyl groups is 1. The van der Waals surface area contributed by atoms with Gasteiger partial charge >= 0.3 is 0 Å². The molecule has 1 aliphatic heterocycles. The zero-order valence-corrected chi connectivity index (χ0v) is 67.0. The first kappa shape index (κ1) is 91.1. The van der Waals surface area contributed by atoms with Gasteiger partial charge in [0.25, 0.3) is 0 Å². The smallest absolute Gasteiger partial charge is 0.245 e. The number of nitrogens with one attached hydrogen (secondary N) is 16. The van der Waals surface area contributed by atoms with Crippen molar-refractivity contribution in [2.45, 2.75) is 177 Å². The highest BCUT2D eigenvalue weighted by molar-refractivity contribution is 8.00. The number of aromatic nitrogens is 2. The minimum absolute atomic E-state index is 0.0139. The van der Waals surface area contributed by atoms with E-state index in [1.807, 2.05) is 49.4 Å². The van der Waals surface area contributed by atoms with Crippen LogP contribution in [0, 0.1) is 11.3 Å². The van der Waals surface area contributed by atoms with E-state index in [0.717, 1.165) is 22.5 Å². The number of benzene rings is 5. The highest BCUT2D eigenvalue weighted by Gasteiger charge is 2.38. The van der Waals surface area contributed by atoms with Crippen molar-refractivity contribution in [1.29, 1.82) is 5.41 Å². The average molecular weight is 1650 g/mol. The number of amides is 14. The van der Waals surface area contributed by atoms with Gasteiger partial charge in [0, 0.05) is 72.2 Å². The zero-order valence-electron chi connectivity index (χ0n) is 66.2. The van der Waals surface area contributed by atoms with Crippen molar-refractivity contribution < 1.29 is 72.2 Å². The molecule has 8 rings (SSSR count). The fourth-order valence-electron chi connectivity index (χ4n) is 13.5. The lowest BCUT2D eigenvalue weighted by atomic mass is 9.96. The van der Waals surface area contributed by atoms with E-state index in [0.29, 0.717) is 63.3 Å². The van der Waals surface area contributed by atoms with Gasteiger partial charge in [0.05, 0.1) is 25.3 Å². The number of guanidine groups is 1. The molecule has 12 atom stereocenters. The maximum absolute atomic E-state index is 15.3. The quantitative estimate of drug-likeness (QED) is 0.0190. The predicted molar refractivity (Wildman–Crippen MR) is 445 cm³/mol. The summed E-state index contributed by atoms with van der Waals surface area (Å²) in [6.07, 6.45) is 3.06. The lowest BCUT2D eigenvalue weighted by Gasteiger charge is -2.28. The van der Waals surface area contributed by atoms with E-state index in [-0.39, 0.29) is 83.1 Å². The van der Waals surface area contributed by atoms with E-state index in [1.54, 1.807) is 105 Å². The van der Waals surface area contributed by atoms with Gasteiger partial charge in [-0.05, 0) is 96.1 Å². The Morgan fingerprint density at radius 1 is 0.492 bits per heavy atom. The van der Waals surface area contributed by atoms with Gasteiger partial charge in [-0.25, -0.2) is 0 Å². The Hall–Kier alpha value is -12.4. The number of carbonyl (C=O) groups excluding carboxylic acids is 14. The van der Waals surface area contributed by atoms with Crippen LogP contribution in [0.15, 0.2) is 134 Å². The molecule has 25 N–H and O–H groups in total. The number of hydrogen-bond acceptors (Lipinski definition) is 18. The summed E-state index contributed by atoms with van der Waals surface area (Å²) in [5.74, 6) is -15.3. The molecule has 2 aromatic heterocycles. The summed E-state index contributed by atoms with van der Waals surface area (Å²) < 4.78 is 0. The molecule has 5 aromatic carbocycles. The first-order chi connectivity index (χ1) is 56.6. The monoisotopic (exact) mass is 1640 g/mol. The third-order valence-electron chi connectivity index (χ3n) is 20.2. The molecule has 0 unspecified atom stereocenters. The molecule has 36 heteroatoms. The normalized spacial score (nSPS) is 22.5. The van der Waals surface area contributed by atoms with Crippen LogP contribution >= 0.6 is 11.8 Å². The van der Waals surface area contributed by atoms with Gasteiger partial charge in [0.2, 0.25) is 82.7 Å². The maximum atomic E-state index is 15.3. The lowest BCUT2D eigenvalue weighted by molar-refractivity contribution is -0.136. The summed E-state index contributed by atoms with van der Waals surface area (Å²) in [7, 11) is 0. The van der Waals surface area contributed by atoms with Gasteiger partial charge in [-0.15, -0.1) is 11.8 Å². The molecule has 0 saturated carbocycles. The number of aliphatic hydroxyl groups excluding tert-OH is 1. The fraction of sp³-hybridized carbons (Fsp3) is 0.427. The molecule has 7 aromatic rings. The highest BCUT2D eigenvalue weighted by Crippen LogP contribution is 2.24. The molecule has 632 valence electrons. The lowest BCUT2D eigenvalue weighted by Crippen LogP contribution is -2.61. The summed E-state index contributed by atoms with van der Waals surface area (Å²) >= 11 is 0.863. The first-order valence-electron chi connectivity index (χ1n) is 39.4. The van der Waals surface area contributed by atoms with Gasteiger partial charge in [0.15, 0.2) is 5.96 Å². The van der Waals surface area contributed by atoms with E-state index in [9.17, 15) is 53.1 Å². The van der Waals surface area contributed by atoms with Gasteiger partial charge < -0.3 is 107 Å². The van der Waals surface area contributed by atoms with Crippen LogP contribution in [0.2, 0.25) is 0 Å². The number of H-pyrrole nitrogens is 2. The van der Waals surface area contributed by atoms with Gasteiger partial charge in [0.1, 0.15) is 66.5 Å². The van der Waals surface area contributed by atoms with Crippen molar-refractivity contribution in [3.05, 3.63) is 156 Å². The van der Waals surface area contributed by atoms with Crippen LogP contribution < -0.4 is 92.1 Å². The average Bonchev–Trinajstić information content (AvgIpc) is 1.61. The summed E-state index contributed by atoms with van der Waals surface area (Å²) in [5, 5.41) is 55.6. The summed E-state index contributed by atoms with van der Waals surface area (Å²) in [6.45, 7) is 3.44. The number of hydrogen-bond donors (Lipinski definition) is 21.